The number of furan rings is 1. The van der Waals surface area contributed by atoms with Crippen LogP contribution in [0.1, 0.15) is 74.9 Å². The Morgan fingerprint density at radius 2 is 0.892 bits per heavy atom. The van der Waals surface area contributed by atoms with Gasteiger partial charge in [0.15, 0.2) is 0 Å². The number of benzene rings is 9. The van der Waals surface area contributed by atoms with Crippen molar-refractivity contribution < 1.29 is 4.42 Å². The first-order valence-corrected chi connectivity index (χ1v) is 23.1. The zero-order chi connectivity index (χ0) is 44.0. The molecular weight excluding hydrogens is 787 g/mol. The van der Waals surface area contributed by atoms with Gasteiger partial charge < -0.3 is 9.32 Å². The highest BCUT2D eigenvalue weighted by molar-refractivity contribution is 6.10. The van der Waals surface area contributed by atoms with Gasteiger partial charge in [-0.05, 0) is 126 Å². The molecule has 1 heterocycles. The molecule has 13 rings (SSSR count). The Balaban J connectivity index is 0.988. The first-order chi connectivity index (χ1) is 31.5. The van der Waals surface area contributed by atoms with Crippen LogP contribution in [0.4, 0.5) is 17.1 Å². The second kappa shape index (κ2) is 13.3. The molecule has 0 saturated carbocycles. The number of hydrogen-bond donors (Lipinski definition) is 0. The van der Waals surface area contributed by atoms with E-state index >= 15 is 0 Å². The normalized spacial score (nSPS) is 15.3. The van der Waals surface area contributed by atoms with Gasteiger partial charge in [0.2, 0.25) is 0 Å². The van der Waals surface area contributed by atoms with E-state index in [1.54, 1.807) is 0 Å². The fourth-order valence-electron chi connectivity index (χ4n) is 12.0. The molecule has 3 aliphatic rings. The van der Waals surface area contributed by atoms with E-state index in [9.17, 15) is 0 Å². The molecule has 0 atom stereocenters. The zero-order valence-electron chi connectivity index (χ0n) is 37.8. The summed E-state index contributed by atoms with van der Waals surface area (Å²) < 4.78 is 6.54. The Kier molecular flexibility index (Phi) is 7.80. The van der Waals surface area contributed by atoms with Crippen molar-refractivity contribution in [2.45, 2.75) is 57.8 Å². The summed E-state index contributed by atoms with van der Waals surface area (Å²) in [4.78, 5) is 2.52. The quantitative estimate of drug-likeness (QED) is 0.172. The summed E-state index contributed by atoms with van der Waals surface area (Å²) in [6.45, 7) is 14.4. The molecule has 10 aromatic rings. The van der Waals surface area contributed by atoms with Crippen LogP contribution >= 0.6 is 0 Å². The maximum Gasteiger partial charge on any atom is 0.143 e. The second-order valence-electron chi connectivity index (χ2n) is 20.1. The molecule has 0 saturated heterocycles. The maximum atomic E-state index is 6.54. The predicted octanol–water partition coefficient (Wildman–Crippen LogP) is 17.3. The Bertz CT molecular complexity index is 3620. The van der Waals surface area contributed by atoms with Crippen LogP contribution in [-0.2, 0) is 16.2 Å². The molecule has 0 fully saturated rings. The summed E-state index contributed by atoms with van der Waals surface area (Å²) in [6.07, 6.45) is 0. The maximum absolute atomic E-state index is 6.54. The van der Waals surface area contributed by atoms with E-state index in [0.717, 1.165) is 38.9 Å². The average molecular weight is 836 g/mol. The molecule has 1 aromatic heterocycles. The number of rotatable bonds is 5. The van der Waals surface area contributed by atoms with Gasteiger partial charge in [-0.1, -0.05) is 181 Å². The summed E-state index contributed by atoms with van der Waals surface area (Å²) in [5, 5.41) is 2.31. The Labute approximate surface area is 381 Å². The highest BCUT2D eigenvalue weighted by atomic mass is 16.3. The van der Waals surface area contributed by atoms with Crippen molar-refractivity contribution in [1.29, 1.82) is 0 Å². The van der Waals surface area contributed by atoms with Crippen molar-refractivity contribution >= 4 is 39.0 Å². The SMILES string of the molecule is CC1(C)c2ccccc2-c2ccc(N(c3ccc(-c4ccccc4)cc3)c3cccc4c3-c3cc5c(cc3C4(C)C)C(C)(C)c3cc(-c4cccc6c4oc4ccccc46)ccc3-5)cc21. The molecule has 0 aliphatic heterocycles. The number of hydrogen-bond acceptors (Lipinski definition) is 2. The molecule has 3 aliphatic carbocycles. The summed E-state index contributed by atoms with van der Waals surface area (Å²) in [6, 6.07) is 70.1. The minimum Gasteiger partial charge on any atom is -0.455 e. The van der Waals surface area contributed by atoms with Crippen LogP contribution in [0.5, 0.6) is 0 Å². The number of para-hydroxylation sites is 2. The van der Waals surface area contributed by atoms with Crippen molar-refractivity contribution in [2.24, 2.45) is 0 Å². The van der Waals surface area contributed by atoms with Crippen molar-refractivity contribution in [3.63, 3.8) is 0 Å². The van der Waals surface area contributed by atoms with E-state index in [2.05, 4.69) is 228 Å². The lowest BCUT2D eigenvalue weighted by Gasteiger charge is -2.30. The van der Waals surface area contributed by atoms with Gasteiger partial charge in [-0.2, -0.15) is 0 Å². The molecule has 0 N–H and O–H groups in total. The molecule has 312 valence electrons. The van der Waals surface area contributed by atoms with Gasteiger partial charge in [0.1, 0.15) is 11.2 Å². The van der Waals surface area contributed by atoms with Gasteiger partial charge in [0.05, 0.1) is 5.69 Å². The smallest absolute Gasteiger partial charge is 0.143 e. The highest BCUT2D eigenvalue weighted by Gasteiger charge is 2.44. The van der Waals surface area contributed by atoms with Gasteiger partial charge in [0, 0.05) is 49.5 Å². The van der Waals surface area contributed by atoms with E-state index in [0.29, 0.717) is 0 Å². The van der Waals surface area contributed by atoms with Gasteiger partial charge in [-0.3, -0.25) is 0 Å². The molecule has 2 heteroatoms. The summed E-state index contributed by atoms with van der Waals surface area (Å²) in [7, 11) is 0. The summed E-state index contributed by atoms with van der Waals surface area (Å²) in [5.41, 5.74) is 25.7. The predicted molar refractivity (Wildman–Crippen MR) is 272 cm³/mol. The second-order valence-corrected chi connectivity index (χ2v) is 20.1. The third-order valence-electron chi connectivity index (χ3n) is 15.5. The van der Waals surface area contributed by atoms with E-state index in [1.807, 2.05) is 6.07 Å². The first kappa shape index (κ1) is 38.1. The Morgan fingerprint density at radius 1 is 0.338 bits per heavy atom. The third-order valence-corrected chi connectivity index (χ3v) is 15.5. The molecular formula is C63H49NO. The summed E-state index contributed by atoms with van der Waals surface area (Å²) in [5.74, 6) is 0. The minimum atomic E-state index is -0.215. The van der Waals surface area contributed by atoms with Crippen LogP contribution in [0, 0.1) is 0 Å². The van der Waals surface area contributed by atoms with E-state index in [4.69, 9.17) is 4.42 Å². The van der Waals surface area contributed by atoms with E-state index in [-0.39, 0.29) is 16.2 Å². The van der Waals surface area contributed by atoms with Crippen LogP contribution in [0.2, 0.25) is 0 Å². The van der Waals surface area contributed by atoms with Crippen LogP contribution in [0.3, 0.4) is 0 Å². The molecule has 2 nitrogen and oxygen atoms in total. The number of nitrogens with zero attached hydrogens (tertiary/aromatic N) is 1. The number of fused-ring (bicyclic) bond motifs is 12. The molecule has 9 aromatic carbocycles. The van der Waals surface area contributed by atoms with Crippen LogP contribution in [-0.4, -0.2) is 0 Å². The van der Waals surface area contributed by atoms with Crippen LogP contribution in [0.15, 0.2) is 192 Å². The molecule has 0 amide bonds. The molecule has 0 bridgehead atoms. The number of anilines is 3. The Hall–Kier alpha value is -7.42. The van der Waals surface area contributed by atoms with E-state index < -0.39 is 0 Å². The monoisotopic (exact) mass is 835 g/mol. The largest absolute Gasteiger partial charge is 0.455 e. The van der Waals surface area contributed by atoms with Crippen LogP contribution < -0.4 is 4.90 Å². The lowest BCUT2D eigenvalue weighted by Crippen LogP contribution is -2.19. The molecule has 0 radical (unpaired) electrons. The Morgan fingerprint density at radius 3 is 1.74 bits per heavy atom. The molecule has 0 spiro atoms. The standard InChI is InChI=1S/C63H49NO/c1-61(2)51-22-12-10-18-44(51)45-33-31-42(35-54(45)61)64(41-29-26-39(27-30-41)38-16-8-7-9-17-38)57-24-15-23-52-59(57)50-36-49-46-32-28-40(34-53(46)63(5,6)55(49)37-56(50)62(52,3)4)43-20-14-21-48-47-19-11-13-25-58(47)65-60(43)48/h7-37H,1-6H3. The molecule has 65 heavy (non-hydrogen) atoms. The van der Waals surface area contributed by atoms with Crippen molar-refractivity contribution in [2.75, 3.05) is 4.90 Å². The lowest BCUT2D eigenvalue weighted by molar-refractivity contribution is 0.639. The summed E-state index contributed by atoms with van der Waals surface area (Å²) >= 11 is 0. The van der Waals surface area contributed by atoms with Crippen LogP contribution in [0.25, 0.3) is 77.6 Å². The van der Waals surface area contributed by atoms with Gasteiger partial charge >= 0.3 is 0 Å². The third kappa shape index (κ3) is 5.29. The van der Waals surface area contributed by atoms with Crippen molar-refractivity contribution in [3.05, 3.63) is 221 Å². The van der Waals surface area contributed by atoms with E-state index in [1.165, 1.54) is 89.1 Å². The topological polar surface area (TPSA) is 16.4 Å². The van der Waals surface area contributed by atoms with Crippen molar-refractivity contribution in [1.82, 2.24) is 0 Å². The van der Waals surface area contributed by atoms with Gasteiger partial charge in [-0.25, -0.2) is 0 Å². The van der Waals surface area contributed by atoms with Gasteiger partial charge in [-0.15, -0.1) is 0 Å². The fourth-order valence-corrected chi connectivity index (χ4v) is 12.0. The van der Waals surface area contributed by atoms with Gasteiger partial charge in [0.25, 0.3) is 0 Å². The fraction of sp³-hybridized carbons (Fsp3) is 0.143. The van der Waals surface area contributed by atoms with Crippen molar-refractivity contribution in [3.8, 4) is 55.6 Å². The minimum absolute atomic E-state index is 0.128. The highest BCUT2D eigenvalue weighted by Crippen LogP contribution is 2.60. The molecule has 0 unspecified atom stereocenters. The average Bonchev–Trinajstić information content (AvgIpc) is 3.97. The lowest BCUT2D eigenvalue weighted by atomic mass is 9.77. The first-order valence-electron chi connectivity index (χ1n) is 23.1. The zero-order valence-corrected chi connectivity index (χ0v) is 37.8.